The fraction of sp³-hybridized carbons (Fsp3) is 0.500. The maximum atomic E-state index is 12.3. The molecule has 1 aliphatic heterocycles. The smallest absolute Gasteiger partial charge is 0.229 e. The minimum Gasteiger partial charge on any atom is -0.508 e. The normalized spacial score (nSPS) is 22.4. The van der Waals surface area contributed by atoms with Gasteiger partial charge in [0.2, 0.25) is 5.91 Å². The second-order valence-electron chi connectivity index (χ2n) is 4.90. The van der Waals surface area contributed by atoms with E-state index >= 15 is 0 Å². The van der Waals surface area contributed by atoms with Gasteiger partial charge in [0.1, 0.15) is 5.75 Å². The molecular weight excluding hydrogens is 244 g/mol. The molecule has 0 saturated carbocycles. The molecule has 2 N–H and O–H groups in total. The van der Waals surface area contributed by atoms with Crippen molar-refractivity contribution >= 4 is 5.91 Å². The highest BCUT2D eigenvalue weighted by Crippen LogP contribution is 2.18. The molecular formula is C14H20N2O3. The third kappa shape index (κ3) is 3.24. The number of carbonyl (C=O) groups excluding carboxylic acids is 1. The van der Waals surface area contributed by atoms with Crippen molar-refractivity contribution in [1.82, 2.24) is 10.2 Å². The number of benzene rings is 1. The average Bonchev–Trinajstić information content (AvgIpc) is 2.88. The molecule has 0 aromatic heterocycles. The summed E-state index contributed by atoms with van der Waals surface area (Å²) in [6.45, 7) is 1.59. The van der Waals surface area contributed by atoms with Crippen molar-refractivity contribution in [2.75, 3.05) is 27.3 Å². The number of aromatic hydroxyl groups is 1. The standard InChI is InChI=1S/C14H20N2O3/c1-15-13-9-19-8-12(13)14(18)16(2)7-10-3-5-11(17)6-4-10/h3-6,12-13,15,17H,7-9H2,1-2H3. The predicted octanol–water partition coefficient (Wildman–Crippen LogP) is 0.585. The second kappa shape index (κ2) is 6.04. The lowest BCUT2D eigenvalue weighted by atomic mass is 10.0. The highest BCUT2D eigenvalue weighted by Gasteiger charge is 2.34. The van der Waals surface area contributed by atoms with Gasteiger partial charge in [-0.2, -0.15) is 0 Å². The van der Waals surface area contributed by atoms with E-state index in [-0.39, 0.29) is 23.6 Å². The summed E-state index contributed by atoms with van der Waals surface area (Å²) >= 11 is 0. The molecule has 2 unspecified atom stereocenters. The van der Waals surface area contributed by atoms with Crippen LogP contribution in [0.4, 0.5) is 0 Å². The Morgan fingerprint density at radius 3 is 2.74 bits per heavy atom. The van der Waals surface area contributed by atoms with Crippen molar-refractivity contribution in [1.29, 1.82) is 0 Å². The molecule has 104 valence electrons. The number of hydrogen-bond donors (Lipinski definition) is 2. The monoisotopic (exact) mass is 264 g/mol. The Kier molecular flexibility index (Phi) is 4.39. The maximum Gasteiger partial charge on any atom is 0.229 e. The van der Waals surface area contributed by atoms with Crippen LogP contribution in [0.5, 0.6) is 5.75 Å². The van der Waals surface area contributed by atoms with E-state index < -0.39 is 0 Å². The SMILES string of the molecule is CNC1COCC1C(=O)N(C)Cc1ccc(O)cc1. The number of carbonyl (C=O) groups is 1. The maximum absolute atomic E-state index is 12.3. The summed E-state index contributed by atoms with van der Waals surface area (Å²) < 4.78 is 5.35. The Bertz CT molecular complexity index is 433. The first-order valence-corrected chi connectivity index (χ1v) is 6.39. The van der Waals surface area contributed by atoms with Crippen molar-refractivity contribution in [2.24, 2.45) is 5.92 Å². The van der Waals surface area contributed by atoms with Gasteiger partial charge in [-0.3, -0.25) is 4.79 Å². The van der Waals surface area contributed by atoms with Crippen LogP contribution in [-0.2, 0) is 16.1 Å². The largest absolute Gasteiger partial charge is 0.508 e. The summed E-state index contributed by atoms with van der Waals surface area (Å²) in [4.78, 5) is 14.0. The molecule has 1 aromatic rings. The number of hydrogen-bond acceptors (Lipinski definition) is 4. The van der Waals surface area contributed by atoms with Gasteiger partial charge in [0, 0.05) is 19.6 Å². The molecule has 0 spiro atoms. The number of phenols is 1. The lowest BCUT2D eigenvalue weighted by Gasteiger charge is -2.23. The van der Waals surface area contributed by atoms with Crippen molar-refractivity contribution in [3.05, 3.63) is 29.8 Å². The van der Waals surface area contributed by atoms with Crippen molar-refractivity contribution in [2.45, 2.75) is 12.6 Å². The van der Waals surface area contributed by atoms with Crippen LogP contribution in [0, 0.1) is 5.92 Å². The van der Waals surface area contributed by atoms with Crippen LogP contribution < -0.4 is 5.32 Å². The summed E-state index contributed by atoms with van der Waals surface area (Å²) in [5, 5.41) is 12.3. The van der Waals surface area contributed by atoms with E-state index in [4.69, 9.17) is 4.74 Å². The van der Waals surface area contributed by atoms with E-state index in [2.05, 4.69) is 5.32 Å². The van der Waals surface area contributed by atoms with E-state index in [1.54, 1.807) is 24.1 Å². The minimum atomic E-state index is -0.118. The molecule has 19 heavy (non-hydrogen) atoms. The quantitative estimate of drug-likeness (QED) is 0.835. The number of rotatable bonds is 4. The third-order valence-corrected chi connectivity index (χ3v) is 3.50. The fourth-order valence-corrected chi connectivity index (χ4v) is 2.32. The number of likely N-dealkylation sites (N-methyl/N-ethyl adjacent to an activating group) is 1. The number of phenolic OH excluding ortho intramolecular Hbond substituents is 1. The highest BCUT2D eigenvalue weighted by molar-refractivity contribution is 5.79. The third-order valence-electron chi connectivity index (χ3n) is 3.50. The molecule has 1 aliphatic rings. The van der Waals surface area contributed by atoms with Crippen molar-refractivity contribution in [3.8, 4) is 5.75 Å². The zero-order valence-corrected chi connectivity index (χ0v) is 11.3. The molecule has 1 aromatic carbocycles. The second-order valence-corrected chi connectivity index (χ2v) is 4.90. The van der Waals surface area contributed by atoms with Crippen LogP contribution in [0.2, 0.25) is 0 Å². The summed E-state index contributed by atoms with van der Waals surface area (Å²) in [5.74, 6) is 0.203. The van der Waals surface area contributed by atoms with Crippen LogP contribution in [-0.4, -0.2) is 49.3 Å². The van der Waals surface area contributed by atoms with E-state index in [9.17, 15) is 9.90 Å². The van der Waals surface area contributed by atoms with Crippen LogP contribution in [0.15, 0.2) is 24.3 Å². The van der Waals surface area contributed by atoms with Crippen molar-refractivity contribution < 1.29 is 14.6 Å². The Hall–Kier alpha value is -1.59. The van der Waals surface area contributed by atoms with Gasteiger partial charge < -0.3 is 20.1 Å². The van der Waals surface area contributed by atoms with E-state index in [0.29, 0.717) is 19.8 Å². The van der Waals surface area contributed by atoms with Gasteiger partial charge >= 0.3 is 0 Å². The molecule has 0 bridgehead atoms. The molecule has 1 fully saturated rings. The van der Waals surface area contributed by atoms with Gasteiger partial charge in [0.15, 0.2) is 0 Å². The highest BCUT2D eigenvalue weighted by atomic mass is 16.5. The summed E-state index contributed by atoms with van der Waals surface area (Å²) in [5.41, 5.74) is 0.994. The Morgan fingerprint density at radius 1 is 1.42 bits per heavy atom. The minimum absolute atomic E-state index is 0.0879. The van der Waals surface area contributed by atoms with Gasteiger partial charge in [-0.15, -0.1) is 0 Å². The number of nitrogens with zero attached hydrogens (tertiary/aromatic N) is 1. The Balaban J connectivity index is 1.97. The van der Waals surface area contributed by atoms with E-state index in [1.807, 2.05) is 19.2 Å². The molecule has 0 radical (unpaired) electrons. The lowest BCUT2D eigenvalue weighted by Crippen LogP contribution is -2.43. The molecule has 1 heterocycles. The van der Waals surface area contributed by atoms with Gasteiger partial charge in [-0.25, -0.2) is 0 Å². The van der Waals surface area contributed by atoms with Crippen molar-refractivity contribution in [3.63, 3.8) is 0 Å². The first-order chi connectivity index (χ1) is 9.11. The topological polar surface area (TPSA) is 61.8 Å². The molecule has 1 saturated heterocycles. The van der Waals surface area contributed by atoms with Gasteiger partial charge in [-0.05, 0) is 24.7 Å². The molecule has 5 heteroatoms. The lowest BCUT2D eigenvalue weighted by molar-refractivity contribution is -0.135. The van der Waals surface area contributed by atoms with E-state index in [0.717, 1.165) is 5.56 Å². The predicted molar refractivity (Wildman–Crippen MR) is 71.7 cm³/mol. The zero-order chi connectivity index (χ0) is 13.8. The Labute approximate surface area is 113 Å². The van der Waals surface area contributed by atoms with Crippen LogP contribution >= 0.6 is 0 Å². The van der Waals surface area contributed by atoms with Crippen LogP contribution in [0.3, 0.4) is 0 Å². The fourth-order valence-electron chi connectivity index (χ4n) is 2.32. The summed E-state index contributed by atoms with van der Waals surface area (Å²) in [6.07, 6.45) is 0. The van der Waals surface area contributed by atoms with E-state index in [1.165, 1.54) is 0 Å². The number of nitrogens with one attached hydrogen (secondary N) is 1. The van der Waals surface area contributed by atoms with Gasteiger partial charge in [0.25, 0.3) is 0 Å². The zero-order valence-electron chi connectivity index (χ0n) is 11.3. The number of amides is 1. The summed E-state index contributed by atoms with van der Waals surface area (Å²) in [6, 6.07) is 6.99. The van der Waals surface area contributed by atoms with Gasteiger partial charge in [0.05, 0.1) is 19.1 Å². The molecule has 2 atom stereocenters. The van der Waals surface area contributed by atoms with Crippen LogP contribution in [0.1, 0.15) is 5.56 Å². The van der Waals surface area contributed by atoms with Gasteiger partial charge in [-0.1, -0.05) is 12.1 Å². The molecule has 5 nitrogen and oxygen atoms in total. The average molecular weight is 264 g/mol. The molecule has 2 rings (SSSR count). The first kappa shape index (κ1) is 13.8. The molecule has 1 amide bonds. The summed E-state index contributed by atoms with van der Waals surface area (Å²) in [7, 11) is 3.64. The van der Waals surface area contributed by atoms with Crippen LogP contribution in [0.25, 0.3) is 0 Å². The number of ether oxygens (including phenoxy) is 1. The molecule has 0 aliphatic carbocycles. The Morgan fingerprint density at radius 2 is 2.11 bits per heavy atom. The first-order valence-electron chi connectivity index (χ1n) is 6.39.